The van der Waals surface area contributed by atoms with Crippen LogP contribution < -0.4 is 15.5 Å². The highest BCUT2D eigenvalue weighted by atomic mass is 35.5. The zero-order valence-corrected chi connectivity index (χ0v) is 11.5. The molecule has 0 spiro atoms. The summed E-state index contributed by atoms with van der Waals surface area (Å²) in [6, 6.07) is 1.73. The molecular weight excluding hydrogens is 278 g/mol. The van der Waals surface area contributed by atoms with E-state index in [2.05, 4.69) is 29.7 Å². The van der Waals surface area contributed by atoms with E-state index in [1.807, 2.05) is 0 Å². The van der Waals surface area contributed by atoms with E-state index in [1.165, 1.54) is 0 Å². The molecule has 1 saturated heterocycles. The molecule has 0 aliphatic carbocycles. The summed E-state index contributed by atoms with van der Waals surface area (Å²) >= 11 is 5.91. The SMILES string of the molecule is Nc1nc(Cl)cc(N2CCN(c3cnccn3)CC2)n1. The van der Waals surface area contributed by atoms with E-state index in [-0.39, 0.29) is 5.95 Å². The normalized spacial score (nSPS) is 15.4. The maximum absolute atomic E-state index is 5.91. The first-order valence-electron chi connectivity index (χ1n) is 6.28. The molecule has 20 heavy (non-hydrogen) atoms. The summed E-state index contributed by atoms with van der Waals surface area (Å²) in [6.07, 6.45) is 5.15. The molecule has 0 radical (unpaired) electrons. The van der Waals surface area contributed by atoms with Crippen molar-refractivity contribution >= 4 is 29.2 Å². The maximum atomic E-state index is 5.91. The van der Waals surface area contributed by atoms with E-state index in [4.69, 9.17) is 17.3 Å². The molecule has 1 aliphatic heterocycles. The average molecular weight is 292 g/mol. The van der Waals surface area contributed by atoms with Crippen molar-refractivity contribution in [2.45, 2.75) is 0 Å². The van der Waals surface area contributed by atoms with Crippen LogP contribution in [0.5, 0.6) is 0 Å². The molecule has 2 aromatic rings. The number of halogens is 1. The quantitative estimate of drug-likeness (QED) is 0.820. The standard InChI is InChI=1S/C12H14ClN7/c13-9-7-10(18-12(14)17-9)19-3-5-20(6-4-19)11-8-15-1-2-16-11/h1-2,7-8H,3-6H2,(H2,14,17,18). The lowest BCUT2D eigenvalue weighted by atomic mass is 10.3. The molecule has 0 saturated carbocycles. The zero-order chi connectivity index (χ0) is 13.9. The molecule has 0 aromatic carbocycles. The summed E-state index contributed by atoms with van der Waals surface area (Å²) in [5, 5.41) is 0.365. The molecule has 0 unspecified atom stereocenters. The van der Waals surface area contributed by atoms with E-state index in [0.717, 1.165) is 37.8 Å². The van der Waals surface area contributed by atoms with Gasteiger partial charge in [0.05, 0.1) is 6.20 Å². The first-order chi connectivity index (χ1) is 9.72. The van der Waals surface area contributed by atoms with Crippen molar-refractivity contribution in [2.24, 2.45) is 0 Å². The molecule has 104 valence electrons. The Kier molecular flexibility index (Phi) is 3.51. The third kappa shape index (κ3) is 2.72. The van der Waals surface area contributed by atoms with Gasteiger partial charge in [-0.15, -0.1) is 0 Å². The van der Waals surface area contributed by atoms with E-state index in [0.29, 0.717) is 5.15 Å². The third-order valence-corrected chi connectivity index (χ3v) is 3.37. The number of nitrogen functional groups attached to an aromatic ring is 1. The largest absolute Gasteiger partial charge is 0.368 e. The molecule has 0 atom stereocenters. The molecule has 1 fully saturated rings. The van der Waals surface area contributed by atoms with Gasteiger partial charge in [0.1, 0.15) is 16.8 Å². The van der Waals surface area contributed by atoms with Crippen LogP contribution in [-0.2, 0) is 0 Å². The molecule has 7 nitrogen and oxygen atoms in total. The Balaban J connectivity index is 1.69. The van der Waals surface area contributed by atoms with Crippen molar-refractivity contribution < 1.29 is 0 Å². The van der Waals surface area contributed by atoms with Gasteiger partial charge >= 0.3 is 0 Å². The van der Waals surface area contributed by atoms with Crippen LogP contribution in [-0.4, -0.2) is 46.1 Å². The molecule has 3 heterocycles. The fraction of sp³-hybridized carbons (Fsp3) is 0.333. The van der Waals surface area contributed by atoms with Gasteiger partial charge in [-0.2, -0.15) is 4.98 Å². The topological polar surface area (TPSA) is 84.1 Å². The predicted molar refractivity (Wildman–Crippen MR) is 77.9 cm³/mol. The van der Waals surface area contributed by atoms with Crippen LogP contribution in [0.4, 0.5) is 17.6 Å². The zero-order valence-electron chi connectivity index (χ0n) is 10.8. The smallest absolute Gasteiger partial charge is 0.223 e. The first-order valence-corrected chi connectivity index (χ1v) is 6.66. The number of rotatable bonds is 2. The second kappa shape index (κ2) is 5.46. The highest BCUT2D eigenvalue weighted by Gasteiger charge is 2.19. The van der Waals surface area contributed by atoms with Gasteiger partial charge in [0.15, 0.2) is 0 Å². The first kappa shape index (κ1) is 12.9. The molecule has 2 N–H and O–H groups in total. The van der Waals surface area contributed by atoms with Crippen LogP contribution in [0.2, 0.25) is 5.15 Å². The molecule has 3 rings (SSSR count). The molecule has 0 amide bonds. The number of hydrogen-bond donors (Lipinski definition) is 1. The minimum Gasteiger partial charge on any atom is -0.368 e. The summed E-state index contributed by atoms with van der Waals surface area (Å²) < 4.78 is 0. The fourth-order valence-corrected chi connectivity index (χ4v) is 2.39. The third-order valence-electron chi connectivity index (χ3n) is 3.18. The number of nitrogens with two attached hydrogens (primary N) is 1. The van der Waals surface area contributed by atoms with Crippen molar-refractivity contribution in [2.75, 3.05) is 41.7 Å². The monoisotopic (exact) mass is 291 g/mol. The maximum Gasteiger partial charge on any atom is 0.223 e. The Bertz CT molecular complexity index is 563. The van der Waals surface area contributed by atoms with Crippen LogP contribution in [0.15, 0.2) is 24.7 Å². The van der Waals surface area contributed by atoms with Crippen LogP contribution in [0.1, 0.15) is 0 Å². The highest BCUT2D eigenvalue weighted by molar-refractivity contribution is 6.29. The van der Waals surface area contributed by atoms with Gasteiger partial charge in [-0.3, -0.25) is 4.98 Å². The predicted octanol–water partition coefficient (Wildman–Crippen LogP) is 0.829. The molecule has 2 aromatic heterocycles. The van der Waals surface area contributed by atoms with E-state index >= 15 is 0 Å². The van der Waals surface area contributed by atoms with Crippen molar-refractivity contribution in [1.82, 2.24) is 19.9 Å². The second-order valence-corrected chi connectivity index (χ2v) is 4.83. The number of hydrogen-bond acceptors (Lipinski definition) is 7. The van der Waals surface area contributed by atoms with Crippen LogP contribution in [0.25, 0.3) is 0 Å². The highest BCUT2D eigenvalue weighted by Crippen LogP contribution is 2.20. The Hall–Kier alpha value is -2.15. The van der Waals surface area contributed by atoms with Gasteiger partial charge in [-0.05, 0) is 0 Å². The van der Waals surface area contributed by atoms with Gasteiger partial charge in [-0.25, -0.2) is 9.97 Å². The van der Waals surface area contributed by atoms with Gasteiger partial charge in [0, 0.05) is 44.6 Å². The lowest BCUT2D eigenvalue weighted by Crippen LogP contribution is -2.47. The summed E-state index contributed by atoms with van der Waals surface area (Å²) in [4.78, 5) is 20.8. The summed E-state index contributed by atoms with van der Waals surface area (Å²) in [6.45, 7) is 3.34. The Morgan fingerprint density at radius 1 is 1.00 bits per heavy atom. The molecule has 8 heteroatoms. The van der Waals surface area contributed by atoms with E-state index < -0.39 is 0 Å². The number of aromatic nitrogens is 4. The molecule has 1 aliphatic rings. The number of piperazine rings is 1. The van der Waals surface area contributed by atoms with Crippen LogP contribution in [0, 0.1) is 0 Å². The van der Waals surface area contributed by atoms with E-state index in [9.17, 15) is 0 Å². The number of anilines is 3. The second-order valence-electron chi connectivity index (χ2n) is 4.44. The van der Waals surface area contributed by atoms with Crippen molar-refractivity contribution in [3.8, 4) is 0 Å². The summed E-state index contributed by atoms with van der Waals surface area (Å²) in [7, 11) is 0. The molecular formula is C12H14ClN7. The summed E-state index contributed by atoms with van der Waals surface area (Å²) in [5.41, 5.74) is 5.62. The lowest BCUT2D eigenvalue weighted by Gasteiger charge is -2.35. The van der Waals surface area contributed by atoms with Gasteiger partial charge < -0.3 is 15.5 Å². The van der Waals surface area contributed by atoms with Crippen molar-refractivity contribution in [1.29, 1.82) is 0 Å². The Morgan fingerprint density at radius 3 is 2.30 bits per heavy atom. The number of nitrogens with zero attached hydrogens (tertiary/aromatic N) is 6. The van der Waals surface area contributed by atoms with Crippen molar-refractivity contribution in [3.63, 3.8) is 0 Å². The molecule has 0 bridgehead atoms. The van der Waals surface area contributed by atoms with Gasteiger partial charge in [-0.1, -0.05) is 11.6 Å². The summed E-state index contributed by atoms with van der Waals surface area (Å²) in [5.74, 6) is 1.86. The minimum absolute atomic E-state index is 0.198. The Morgan fingerprint density at radius 2 is 1.70 bits per heavy atom. The van der Waals surface area contributed by atoms with Crippen LogP contribution >= 0.6 is 11.6 Å². The Labute approximate surface area is 121 Å². The lowest BCUT2D eigenvalue weighted by molar-refractivity contribution is 0.640. The average Bonchev–Trinajstić information content (AvgIpc) is 2.47. The van der Waals surface area contributed by atoms with Crippen molar-refractivity contribution in [3.05, 3.63) is 29.8 Å². The van der Waals surface area contributed by atoms with Gasteiger partial charge in [0.2, 0.25) is 5.95 Å². The van der Waals surface area contributed by atoms with Crippen LogP contribution in [0.3, 0.4) is 0 Å². The van der Waals surface area contributed by atoms with E-state index in [1.54, 1.807) is 24.7 Å². The minimum atomic E-state index is 0.198. The fourth-order valence-electron chi connectivity index (χ4n) is 2.20. The van der Waals surface area contributed by atoms with Gasteiger partial charge in [0.25, 0.3) is 0 Å².